The van der Waals surface area contributed by atoms with Crippen molar-refractivity contribution < 1.29 is 14.0 Å². The first-order valence-corrected chi connectivity index (χ1v) is 9.33. The summed E-state index contributed by atoms with van der Waals surface area (Å²) in [5.74, 6) is -0.701. The second-order valence-corrected chi connectivity index (χ2v) is 6.60. The molecule has 1 aromatic heterocycles. The Morgan fingerprint density at radius 2 is 1.59 bits per heavy atom. The SMILES string of the molecule is CCC(=O)N(C)c1ccc(-c2ccc(C(=O)NCc3ccc(F)nc3)cc2)cc1. The van der Waals surface area contributed by atoms with E-state index >= 15 is 0 Å². The van der Waals surface area contributed by atoms with E-state index in [1.807, 2.05) is 43.3 Å². The number of carbonyl (C=O) groups excluding carboxylic acids is 2. The van der Waals surface area contributed by atoms with Crippen LogP contribution < -0.4 is 10.2 Å². The average Bonchev–Trinajstić information content (AvgIpc) is 2.77. The quantitative estimate of drug-likeness (QED) is 0.641. The van der Waals surface area contributed by atoms with Crippen molar-refractivity contribution in [1.29, 1.82) is 0 Å². The molecule has 0 radical (unpaired) electrons. The lowest BCUT2D eigenvalue weighted by atomic mass is 10.0. The van der Waals surface area contributed by atoms with E-state index in [0.717, 1.165) is 22.4 Å². The number of nitrogens with one attached hydrogen (secondary N) is 1. The summed E-state index contributed by atoms with van der Waals surface area (Å²) in [4.78, 5) is 29.3. The summed E-state index contributed by atoms with van der Waals surface area (Å²) < 4.78 is 12.8. The fourth-order valence-electron chi connectivity index (χ4n) is 2.87. The number of pyridine rings is 1. The summed E-state index contributed by atoms with van der Waals surface area (Å²) in [6, 6.07) is 17.8. The molecule has 3 aromatic rings. The summed E-state index contributed by atoms with van der Waals surface area (Å²) in [6.45, 7) is 2.11. The Morgan fingerprint density at radius 3 is 2.14 bits per heavy atom. The van der Waals surface area contributed by atoms with Gasteiger partial charge in [-0.1, -0.05) is 37.3 Å². The number of halogens is 1. The van der Waals surface area contributed by atoms with Gasteiger partial charge in [0.05, 0.1) is 0 Å². The molecule has 0 unspecified atom stereocenters. The molecule has 0 aliphatic carbocycles. The van der Waals surface area contributed by atoms with E-state index in [2.05, 4.69) is 10.3 Å². The third kappa shape index (κ3) is 5.04. The Morgan fingerprint density at radius 1 is 0.966 bits per heavy atom. The van der Waals surface area contributed by atoms with E-state index in [-0.39, 0.29) is 18.4 Å². The zero-order chi connectivity index (χ0) is 20.8. The third-order valence-electron chi connectivity index (χ3n) is 4.65. The standard InChI is InChI=1S/C23H22FN3O2/c1-3-22(28)27(2)20-11-9-18(10-12-20)17-5-7-19(8-6-17)23(29)26-15-16-4-13-21(24)25-14-16/h4-14H,3,15H2,1-2H3,(H,26,29). The van der Waals surface area contributed by atoms with Crippen molar-refractivity contribution in [3.63, 3.8) is 0 Å². The number of anilines is 1. The smallest absolute Gasteiger partial charge is 0.251 e. The first-order valence-electron chi connectivity index (χ1n) is 9.33. The van der Waals surface area contributed by atoms with Gasteiger partial charge >= 0.3 is 0 Å². The van der Waals surface area contributed by atoms with Crippen LogP contribution in [0.1, 0.15) is 29.3 Å². The highest BCUT2D eigenvalue weighted by atomic mass is 19.1. The molecule has 0 atom stereocenters. The zero-order valence-electron chi connectivity index (χ0n) is 16.4. The third-order valence-corrected chi connectivity index (χ3v) is 4.65. The molecule has 1 heterocycles. The van der Waals surface area contributed by atoms with Crippen LogP contribution in [0.3, 0.4) is 0 Å². The molecule has 1 N–H and O–H groups in total. The van der Waals surface area contributed by atoms with Gasteiger partial charge in [0.15, 0.2) is 0 Å². The van der Waals surface area contributed by atoms with Crippen LogP contribution in [0.15, 0.2) is 66.9 Å². The highest BCUT2D eigenvalue weighted by molar-refractivity contribution is 5.95. The summed E-state index contributed by atoms with van der Waals surface area (Å²) in [5.41, 5.74) is 4.07. The topological polar surface area (TPSA) is 62.3 Å². The van der Waals surface area contributed by atoms with Gasteiger partial charge in [0, 0.05) is 37.5 Å². The maximum Gasteiger partial charge on any atom is 0.251 e. The normalized spacial score (nSPS) is 10.4. The van der Waals surface area contributed by atoms with Crippen molar-refractivity contribution in [2.45, 2.75) is 19.9 Å². The molecule has 0 bridgehead atoms. The van der Waals surface area contributed by atoms with Crippen molar-refractivity contribution in [2.75, 3.05) is 11.9 Å². The van der Waals surface area contributed by atoms with E-state index in [4.69, 9.17) is 0 Å². The number of hydrogen-bond acceptors (Lipinski definition) is 3. The number of amides is 2. The van der Waals surface area contributed by atoms with Gasteiger partial charge in [-0.2, -0.15) is 4.39 Å². The van der Waals surface area contributed by atoms with E-state index in [0.29, 0.717) is 12.0 Å². The monoisotopic (exact) mass is 391 g/mol. The second-order valence-electron chi connectivity index (χ2n) is 6.60. The minimum atomic E-state index is -0.549. The molecule has 0 aliphatic rings. The molecule has 6 heteroatoms. The van der Waals surface area contributed by atoms with Gasteiger partial charge in [-0.15, -0.1) is 0 Å². The van der Waals surface area contributed by atoms with Crippen LogP contribution in [-0.4, -0.2) is 23.8 Å². The maximum absolute atomic E-state index is 12.8. The van der Waals surface area contributed by atoms with E-state index < -0.39 is 5.95 Å². The lowest BCUT2D eigenvalue weighted by molar-refractivity contribution is -0.118. The van der Waals surface area contributed by atoms with Crippen molar-refractivity contribution >= 4 is 17.5 Å². The van der Waals surface area contributed by atoms with Crippen LogP contribution in [0.2, 0.25) is 0 Å². The molecule has 0 spiro atoms. The van der Waals surface area contributed by atoms with Crippen LogP contribution >= 0.6 is 0 Å². The lowest BCUT2D eigenvalue weighted by Crippen LogP contribution is -2.24. The Hall–Kier alpha value is -3.54. The number of hydrogen-bond donors (Lipinski definition) is 1. The van der Waals surface area contributed by atoms with Gasteiger partial charge in [-0.05, 0) is 47.0 Å². The molecule has 0 saturated heterocycles. The van der Waals surface area contributed by atoms with Crippen molar-refractivity contribution in [3.05, 3.63) is 83.9 Å². The van der Waals surface area contributed by atoms with E-state index in [1.54, 1.807) is 30.1 Å². The highest BCUT2D eigenvalue weighted by Gasteiger charge is 2.09. The van der Waals surface area contributed by atoms with Crippen molar-refractivity contribution in [2.24, 2.45) is 0 Å². The van der Waals surface area contributed by atoms with Crippen LogP contribution in [0.5, 0.6) is 0 Å². The van der Waals surface area contributed by atoms with Crippen molar-refractivity contribution in [1.82, 2.24) is 10.3 Å². The predicted molar refractivity (Wildman–Crippen MR) is 111 cm³/mol. The van der Waals surface area contributed by atoms with Gasteiger partial charge in [0.25, 0.3) is 5.91 Å². The van der Waals surface area contributed by atoms with Gasteiger partial charge in [-0.3, -0.25) is 9.59 Å². The predicted octanol–water partition coefficient (Wildman–Crippen LogP) is 4.19. The van der Waals surface area contributed by atoms with E-state index in [9.17, 15) is 14.0 Å². The van der Waals surface area contributed by atoms with Crippen LogP contribution in [0.4, 0.5) is 10.1 Å². The van der Waals surface area contributed by atoms with E-state index in [1.165, 1.54) is 12.3 Å². The Balaban J connectivity index is 1.64. The molecule has 3 rings (SSSR count). The molecule has 2 amide bonds. The average molecular weight is 391 g/mol. The van der Waals surface area contributed by atoms with Crippen LogP contribution in [0, 0.1) is 5.95 Å². The molecular weight excluding hydrogens is 369 g/mol. The Kier molecular flexibility index (Phi) is 6.34. The van der Waals surface area contributed by atoms with Gasteiger partial charge in [-0.25, -0.2) is 4.98 Å². The number of carbonyl (C=O) groups is 2. The summed E-state index contributed by atoms with van der Waals surface area (Å²) in [6.07, 6.45) is 1.85. The molecule has 5 nitrogen and oxygen atoms in total. The highest BCUT2D eigenvalue weighted by Crippen LogP contribution is 2.23. The molecule has 29 heavy (non-hydrogen) atoms. The molecule has 0 saturated carbocycles. The summed E-state index contributed by atoms with van der Waals surface area (Å²) in [7, 11) is 1.76. The number of aromatic nitrogens is 1. The summed E-state index contributed by atoms with van der Waals surface area (Å²) >= 11 is 0. The number of nitrogens with zero attached hydrogens (tertiary/aromatic N) is 2. The molecule has 2 aromatic carbocycles. The van der Waals surface area contributed by atoms with Gasteiger partial charge in [0.2, 0.25) is 11.9 Å². The summed E-state index contributed by atoms with van der Waals surface area (Å²) in [5, 5.41) is 2.79. The largest absolute Gasteiger partial charge is 0.348 e. The minimum absolute atomic E-state index is 0.0598. The fourth-order valence-corrected chi connectivity index (χ4v) is 2.87. The minimum Gasteiger partial charge on any atom is -0.348 e. The number of benzene rings is 2. The molecule has 0 aliphatic heterocycles. The first kappa shape index (κ1) is 20.2. The van der Waals surface area contributed by atoms with Gasteiger partial charge < -0.3 is 10.2 Å². The van der Waals surface area contributed by atoms with Crippen LogP contribution in [0.25, 0.3) is 11.1 Å². The van der Waals surface area contributed by atoms with Gasteiger partial charge in [0.1, 0.15) is 0 Å². The molecule has 0 fully saturated rings. The zero-order valence-corrected chi connectivity index (χ0v) is 16.4. The second kappa shape index (κ2) is 9.10. The molecule has 148 valence electrons. The fraction of sp³-hybridized carbons (Fsp3) is 0.174. The Bertz CT molecular complexity index is 984. The van der Waals surface area contributed by atoms with Crippen molar-refractivity contribution in [3.8, 4) is 11.1 Å². The molecular formula is C23H22FN3O2. The first-order chi connectivity index (χ1) is 14.0. The Labute approximate surface area is 169 Å². The van der Waals surface area contributed by atoms with Crippen LogP contribution in [-0.2, 0) is 11.3 Å². The number of rotatable bonds is 6. The lowest BCUT2D eigenvalue weighted by Gasteiger charge is -2.16. The maximum atomic E-state index is 12.8.